The molecule has 2 aromatic rings. The third-order valence-electron chi connectivity index (χ3n) is 3.09. The maximum atomic E-state index is 11.8. The molecule has 0 aromatic carbocycles. The fourth-order valence-corrected chi connectivity index (χ4v) is 1.78. The van der Waals surface area contributed by atoms with E-state index in [1.807, 2.05) is 0 Å². The zero-order valence-electron chi connectivity index (χ0n) is 11.1. The highest BCUT2D eigenvalue weighted by atomic mass is 16.4. The van der Waals surface area contributed by atoms with E-state index in [1.165, 1.54) is 11.6 Å². The molecule has 1 aliphatic rings. The Kier molecular flexibility index (Phi) is 3.12. The number of carbonyl (C=O) groups excluding carboxylic acids is 1. The number of rotatable bonds is 5. The summed E-state index contributed by atoms with van der Waals surface area (Å²) >= 11 is 0. The minimum absolute atomic E-state index is 0.0260. The number of anilines is 1. The molecule has 1 saturated carbocycles. The molecule has 2 N–H and O–H groups in total. The Morgan fingerprint density at radius 1 is 1.38 bits per heavy atom. The average molecular weight is 292 g/mol. The van der Waals surface area contributed by atoms with Gasteiger partial charge in [0.05, 0.1) is 5.69 Å². The topological polar surface area (TPSA) is 136 Å². The molecular weight excluding hydrogens is 280 g/mol. The molecule has 0 unspecified atom stereocenters. The molecule has 3 rings (SSSR count). The Morgan fingerprint density at radius 2 is 2.14 bits per heavy atom. The van der Waals surface area contributed by atoms with Gasteiger partial charge in [0.15, 0.2) is 5.69 Å². The van der Waals surface area contributed by atoms with Crippen molar-refractivity contribution in [2.75, 3.05) is 5.32 Å². The van der Waals surface area contributed by atoms with Gasteiger partial charge < -0.3 is 9.52 Å². The maximum absolute atomic E-state index is 11.8. The molecule has 0 aliphatic heterocycles. The number of carboxylic acid groups (broad SMARTS) is 1. The summed E-state index contributed by atoms with van der Waals surface area (Å²) < 4.78 is 6.49. The van der Waals surface area contributed by atoms with Gasteiger partial charge in [-0.25, -0.2) is 9.48 Å². The van der Waals surface area contributed by atoms with Crippen molar-refractivity contribution in [1.29, 1.82) is 0 Å². The van der Waals surface area contributed by atoms with Gasteiger partial charge >= 0.3 is 12.0 Å². The first-order valence-electron chi connectivity index (χ1n) is 6.31. The summed E-state index contributed by atoms with van der Waals surface area (Å²) in [7, 11) is 0. The van der Waals surface area contributed by atoms with Crippen LogP contribution in [0.15, 0.2) is 4.42 Å². The molecule has 110 valence electrons. The highest BCUT2D eigenvalue weighted by molar-refractivity contribution is 5.89. The first-order valence-corrected chi connectivity index (χ1v) is 6.31. The van der Waals surface area contributed by atoms with E-state index < -0.39 is 11.9 Å². The standard InChI is InChI=1S/C11H12N6O4/c1-5-8(10(19)20)13-16-17(5)4-7(18)12-11-15-14-9(21-11)6-2-3-6/h6H,2-4H2,1H3,(H,19,20)(H,12,15,18). The first-order chi connectivity index (χ1) is 10.0. The lowest BCUT2D eigenvalue weighted by Gasteiger charge is -2.02. The fraction of sp³-hybridized carbons (Fsp3) is 0.455. The van der Waals surface area contributed by atoms with Crippen molar-refractivity contribution < 1.29 is 19.1 Å². The van der Waals surface area contributed by atoms with Crippen LogP contribution in [0, 0.1) is 6.92 Å². The van der Waals surface area contributed by atoms with Gasteiger partial charge in [-0.1, -0.05) is 10.3 Å². The number of aromatic carboxylic acids is 1. The van der Waals surface area contributed by atoms with Crippen molar-refractivity contribution in [2.24, 2.45) is 0 Å². The molecule has 10 heteroatoms. The number of carbonyl (C=O) groups is 2. The Hall–Kier alpha value is -2.78. The predicted molar refractivity (Wildman–Crippen MR) is 66.6 cm³/mol. The van der Waals surface area contributed by atoms with Gasteiger partial charge in [0.25, 0.3) is 0 Å². The number of nitrogens with zero attached hydrogens (tertiary/aromatic N) is 5. The van der Waals surface area contributed by atoms with E-state index in [4.69, 9.17) is 9.52 Å². The number of aromatic nitrogens is 5. The minimum atomic E-state index is -1.19. The molecule has 0 radical (unpaired) electrons. The minimum Gasteiger partial charge on any atom is -0.476 e. The number of nitrogens with one attached hydrogen (secondary N) is 1. The Morgan fingerprint density at radius 3 is 2.76 bits per heavy atom. The first kappa shape index (κ1) is 13.2. The van der Waals surface area contributed by atoms with Gasteiger partial charge in [0.1, 0.15) is 6.54 Å². The van der Waals surface area contributed by atoms with Crippen molar-refractivity contribution in [3.8, 4) is 0 Å². The molecule has 2 aromatic heterocycles. The number of carboxylic acids is 1. The van der Waals surface area contributed by atoms with E-state index in [-0.39, 0.29) is 18.3 Å². The smallest absolute Gasteiger partial charge is 0.358 e. The lowest BCUT2D eigenvalue weighted by molar-refractivity contribution is -0.117. The molecule has 0 spiro atoms. The second kappa shape index (κ2) is 4.96. The number of hydrogen-bond donors (Lipinski definition) is 2. The summed E-state index contributed by atoms with van der Waals surface area (Å²) in [4.78, 5) is 22.7. The Balaban J connectivity index is 1.64. The zero-order valence-corrected chi connectivity index (χ0v) is 11.1. The van der Waals surface area contributed by atoms with Gasteiger partial charge in [-0.15, -0.1) is 10.2 Å². The van der Waals surface area contributed by atoms with Crippen molar-refractivity contribution in [3.05, 3.63) is 17.3 Å². The third kappa shape index (κ3) is 2.73. The van der Waals surface area contributed by atoms with Gasteiger partial charge in [-0.3, -0.25) is 10.1 Å². The van der Waals surface area contributed by atoms with Crippen molar-refractivity contribution in [1.82, 2.24) is 25.2 Å². The van der Waals surface area contributed by atoms with Crippen LogP contribution >= 0.6 is 0 Å². The Labute approximate surface area is 118 Å². The van der Waals surface area contributed by atoms with Gasteiger partial charge in [0.2, 0.25) is 11.8 Å². The van der Waals surface area contributed by atoms with E-state index in [9.17, 15) is 9.59 Å². The molecule has 0 atom stereocenters. The largest absolute Gasteiger partial charge is 0.476 e. The van der Waals surface area contributed by atoms with Crippen LogP contribution in [0.3, 0.4) is 0 Å². The van der Waals surface area contributed by atoms with Crippen LogP contribution in [0.25, 0.3) is 0 Å². The molecule has 0 bridgehead atoms. The van der Waals surface area contributed by atoms with Crippen LogP contribution in [0.2, 0.25) is 0 Å². The molecule has 0 saturated heterocycles. The van der Waals surface area contributed by atoms with E-state index in [0.29, 0.717) is 17.5 Å². The van der Waals surface area contributed by atoms with Crippen LogP contribution in [0.5, 0.6) is 0 Å². The lowest BCUT2D eigenvalue weighted by Crippen LogP contribution is -2.20. The molecular formula is C11H12N6O4. The number of hydrogen-bond acceptors (Lipinski definition) is 7. The van der Waals surface area contributed by atoms with Crippen molar-refractivity contribution >= 4 is 17.9 Å². The fourth-order valence-electron chi connectivity index (χ4n) is 1.78. The molecule has 21 heavy (non-hydrogen) atoms. The second-order valence-electron chi connectivity index (χ2n) is 4.75. The van der Waals surface area contributed by atoms with Gasteiger partial charge in [-0.05, 0) is 19.8 Å². The summed E-state index contributed by atoms with van der Waals surface area (Å²) in [6.45, 7) is 1.34. The van der Waals surface area contributed by atoms with Gasteiger partial charge in [-0.2, -0.15) is 0 Å². The SMILES string of the molecule is Cc1c(C(=O)O)nnn1CC(=O)Nc1nnc(C2CC2)o1. The van der Waals surface area contributed by atoms with Crippen molar-refractivity contribution in [3.63, 3.8) is 0 Å². The highest BCUT2D eigenvalue weighted by Gasteiger charge is 2.29. The maximum Gasteiger partial charge on any atom is 0.358 e. The van der Waals surface area contributed by atoms with E-state index in [1.54, 1.807) is 0 Å². The molecule has 1 aliphatic carbocycles. The van der Waals surface area contributed by atoms with Gasteiger partial charge in [0, 0.05) is 5.92 Å². The van der Waals surface area contributed by atoms with Crippen LogP contribution in [0.1, 0.15) is 40.8 Å². The highest BCUT2D eigenvalue weighted by Crippen LogP contribution is 2.39. The van der Waals surface area contributed by atoms with Crippen LogP contribution in [-0.2, 0) is 11.3 Å². The second-order valence-corrected chi connectivity index (χ2v) is 4.75. The summed E-state index contributed by atoms with van der Waals surface area (Å²) in [5, 5.41) is 26.0. The molecule has 10 nitrogen and oxygen atoms in total. The van der Waals surface area contributed by atoms with E-state index in [2.05, 4.69) is 25.8 Å². The van der Waals surface area contributed by atoms with E-state index >= 15 is 0 Å². The quantitative estimate of drug-likeness (QED) is 0.796. The summed E-state index contributed by atoms with van der Waals surface area (Å²) in [6.07, 6.45) is 2.04. The molecule has 1 amide bonds. The lowest BCUT2D eigenvalue weighted by atomic mass is 10.3. The normalized spacial score (nSPS) is 14.1. The molecule has 2 heterocycles. The van der Waals surface area contributed by atoms with Crippen LogP contribution in [-0.4, -0.2) is 42.2 Å². The molecule has 1 fully saturated rings. The summed E-state index contributed by atoms with van der Waals surface area (Å²) in [5.41, 5.74) is 0.110. The van der Waals surface area contributed by atoms with Crippen LogP contribution < -0.4 is 5.32 Å². The monoisotopic (exact) mass is 292 g/mol. The Bertz CT molecular complexity index is 701. The van der Waals surface area contributed by atoms with E-state index in [0.717, 1.165) is 12.8 Å². The third-order valence-corrected chi connectivity index (χ3v) is 3.09. The zero-order chi connectivity index (χ0) is 15.0. The summed E-state index contributed by atoms with van der Waals surface area (Å²) in [5.74, 6) is -0.815. The summed E-state index contributed by atoms with van der Waals surface area (Å²) in [6, 6.07) is 0.0260. The average Bonchev–Trinajstić information content (AvgIpc) is 3.07. The van der Waals surface area contributed by atoms with Crippen LogP contribution in [0.4, 0.5) is 6.01 Å². The predicted octanol–water partition coefficient (Wildman–Crippen LogP) is 0.184. The number of amides is 1. The van der Waals surface area contributed by atoms with Crippen molar-refractivity contribution in [2.45, 2.75) is 32.2 Å².